The Hall–Kier alpha value is -2.17. The summed E-state index contributed by atoms with van der Waals surface area (Å²) in [4.78, 5) is 11.5. The van der Waals surface area contributed by atoms with Gasteiger partial charge in [-0.3, -0.25) is 9.89 Å². The van der Waals surface area contributed by atoms with Crippen molar-refractivity contribution in [3.8, 4) is 5.75 Å². The van der Waals surface area contributed by atoms with E-state index in [4.69, 9.17) is 10.5 Å². The first-order valence-corrected chi connectivity index (χ1v) is 5.41. The molecule has 1 heterocycles. The minimum absolute atomic E-state index is 0.0972. The molecule has 0 bridgehead atoms. The molecule has 17 heavy (non-hydrogen) atoms. The molecule has 0 radical (unpaired) electrons. The summed E-state index contributed by atoms with van der Waals surface area (Å²) >= 11 is 0. The molecule has 1 aromatic carbocycles. The molecule has 0 saturated carbocycles. The third-order valence-corrected chi connectivity index (χ3v) is 2.44. The van der Waals surface area contributed by atoms with Gasteiger partial charge >= 0.3 is 0 Å². The number of nitrogens with one attached hydrogen (secondary N) is 1. The number of benzene rings is 1. The first kappa shape index (κ1) is 11.3. The van der Waals surface area contributed by atoms with Crippen LogP contribution in [0.1, 0.15) is 13.0 Å². The van der Waals surface area contributed by atoms with Crippen LogP contribution in [0.15, 0.2) is 41.2 Å². The van der Waals surface area contributed by atoms with Crippen LogP contribution in [0.3, 0.4) is 0 Å². The van der Waals surface area contributed by atoms with Gasteiger partial charge in [-0.15, -0.1) is 0 Å². The Balaban J connectivity index is 2.01. The largest absolute Gasteiger partial charge is 0.491 e. The molecule has 1 aromatic heterocycles. The van der Waals surface area contributed by atoms with E-state index in [0.717, 1.165) is 5.75 Å². The zero-order chi connectivity index (χ0) is 12.3. The second-order valence-electron chi connectivity index (χ2n) is 3.89. The van der Waals surface area contributed by atoms with E-state index < -0.39 is 0 Å². The molecule has 1 atom stereocenters. The van der Waals surface area contributed by atoms with Gasteiger partial charge in [0.05, 0.1) is 6.04 Å². The molecule has 2 rings (SSSR count). The molecule has 5 heteroatoms. The lowest BCUT2D eigenvalue weighted by Crippen LogP contribution is -2.24. The van der Waals surface area contributed by atoms with Crippen LogP contribution in [0.25, 0.3) is 0 Å². The van der Waals surface area contributed by atoms with Crippen molar-refractivity contribution in [2.75, 3.05) is 12.3 Å². The number of nitrogens with zero attached hydrogens (tertiary/aromatic N) is 1. The number of nitrogens with two attached hydrogens (primary N) is 1. The standard InChI is InChI=1S/C12H15N3O2/c1-9(15-12(16)7-11(13)14-15)8-17-10-5-3-2-4-6-10/h2-7,9,14H,8,13H2,1H3. The van der Waals surface area contributed by atoms with Gasteiger partial charge in [0.2, 0.25) is 0 Å². The van der Waals surface area contributed by atoms with Crippen molar-refractivity contribution in [1.29, 1.82) is 0 Å². The normalized spacial score (nSPS) is 12.3. The number of aromatic nitrogens is 2. The molecule has 2 aromatic rings. The molecule has 3 N–H and O–H groups in total. The number of aromatic amines is 1. The SMILES string of the molecule is CC(COc1ccccc1)n1[nH]c(N)cc1=O. The lowest BCUT2D eigenvalue weighted by molar-refractivity contribution is 0.248. The van der Waals surface area contributed by atoms with Gasteiger partial charge in [-0.25, -0.2) is 4.68 Å². The average molecular weight is 233 g/mol. The molecule has 0 spiro atoms. The maximum absolute atomic E-state index is 11.5. The molecule has 0 fully saturated rings. The fourth-order valence-corrected chi connectivity index (χ4v) is 1.56. The summed E-state index contributed by atoms with van der Waals surface area (Å²) < 4.78 is 7.02. The number of ether oxygens (including phenoxy) is 1. The Morgan fingerprint density at radius 1 is 1.41 bits per heavy atom. The predicted molar refractivity (Wildman–Crippen MR) is 66.1 cm³/mol. The van der Waals surface area contributed by atoms with Gasteiger partial charge in [-0.05, 0) is 19.1 Å². The minimum atomic E-state index is -0.147. The quantitative estimate of drug-likeness (QED) is 0.838. The minimum Gasteiger partial charge on any atom is -0.491 e. The van der Waals surface area contributed by atoms with Gasteiger partial charge in [0.15, 0.2) is 0 Å². The summed E-state index contributed by atoms with van der Waals surface area (Å²) in [6.45, 7) is 2.30. The highest BCUT2D eigenvalue weighted by atomic mass is 16.5. The van der Waals surface area contributed by atoms with Gasteiger partial charge in [0, 0.05) is 6.07 Å². The fraction of sp³-hybridized carbons (Fsp3) is 0.250. The Bertz CT molecular complexity index is 530. The number of H-pyrrole nitrogens is 1. The topological polar surface area (TPSA) is 73.0 Å². The van der Waals surface area contributed by atoms with Crippen molar-refractivity contribution in [3.05, 3.63) is 46.8 Å². The molecule has 0 aliphatic carbocycles. The van der Waals surface area contributed by atoms with Crippen LogP contribution in [-0.2, 0) is 0 Å². The smallest absolute Gasteiger partial charge is 0.269 e. The third-order valence-electron chi connectivity index (χ3n) is 2.44. The summed E-state index contributed by atoms with van der Waals surface area (Å²) in [6.07, 6.45) is 0. The molecule has 0 saturated heterocycles. The highest BCUT2D eigenvalue weighted by molar-refractivity contribution is 5.24. The second-order valence-corrected chi connectivity index (χ2v) is 3.89. The molecule has 90 valence electrons. The van der Waals surface area contributed by atoms with Crippen molar-refractivity contribution in [3.63, 3.8) is 0 Å². The highest BCUT2D eigenvalue weighted by Crippen LogP contribution is 2.11. The van der Waals surface area contributed by atoms with E-state index >= 15 is 0 Å². The second kappa shape index (κ2) is 4.78. The van der Waals surface area contributed by atoms with E-state index in [2.05, 4.69) is 5.10 Å². The lowest BCUT2D eigenvalue weighted by atomic mass is 10.3. The van der Waals surface area contributed by atoms with Crippen LogP contribution in [-0.4, -0.2) is 16.4 Å². The summed E-state index contributed by atoms with van der Waals surface area (Å²) in [5.74, 6) is 1.15. The van der Waals surface area contributed by atoms with Crippen molar-refractivity contribution < 1.29 is 4.74 Å². The molecule has 5 nitrogen and oxygen atoms in total. The number of nitrogen functional groups attached to an aromatic ring is 1. The Labute approximate surface area is 98.8 Å². The first-order chi connectivity index (χ1) is 8.16. The number of anilines is 1. The zero-order valence-electron chi connectivity index (χ0n) is 9.59. The third kappa shape index (κ3) is 2.69. The van der Waals surface area contributed by atoms with E-state index in [1.165, 1.54) is 10.7 Å². The molecule has 0 aliphatic rings. The van der Waals surface area contributed by atoms with Crippen LogP contribution in [0.5, 0.6) is 5.75 Å². The van der Waals surface area contributed by atoms with Gasteiger partial charge in [-0.2, -0.15) is 0 Å². The monoisotopic (exact) mass is 233 g/mol. The van der Waals surface area contributed by atoms with Crippen LogP contribution < -0.4 is 16.0 Å². The molecule has 1 unspecified atom stereocenters. The van der Waals surface area contributed by atoms with Crippen LogP contribution in [0.2, 0.25) is 0 Å². The maximum atomic E-state index is 11.5. The highest BCUT2D eigenvalue weighted by Gasteiger charge is 2.09. The summed E-state index contributed by atoms with van der Waals surface area (Å²) in [7, 11) is 0. The molecule has 0 amide bonds. The molecular weight excluding hydrogens is 218 g/mol. The number of para-hydroxylation sites is 1. The van der Waals surface area contributed by atoms with Crippen molar-refractivity contribution in [2.24, 2.45) is 0 Å². The van der Waals surface area contributed by atoms with Crippen molar-refractivity contribution in [2.45, 2.75) is 13.0 Å². The predicted octanol–water partition coefficient (Wildman–Crippen LogP) is 1.40. The Morgan fingerprint density at radius 2 is 2.12 bits per heavy atom. The number of rotatable bonds is 4. The number of hydrogen-bond donors (Lipinski definition) is 2. The summed E-state index contributed by atoms with van der Waals surface area (Å²) in [5, 5.41) is 2.78. The Morgan fingerprint density at radius 3 is 2.71 bits per heavy atom. The molecular formula is C12H15N3O2. The van der Waals surface area contributed by atoms with E-state index in [9.17, 15) is 4.79 Å². The molecule has 0 aliphatic heterocycles. The summed E-state index contributed by atoms with van der Waals surface area (Å²) in [5.41, 5.74) is 5.36. The van der Waals surface area contributed by atoms with Gasteiger partial charge in [-0.1, -0.05) is 18.2 Å². The number of hydrogen-bond acceptors (Lipinski definition) is 3. The lowest BCUT2D eigenvalue weighted by Gasteiger charge is -2.13. The zero-order valence-corrected chi connectivity index (χ0v) is 9.59. The van der Waals surface area contributed by atoms with Gasteiger partial charge in [0.1, 0.15) is 18.2 Å². The van der Waals surface area contributed by atoms with E-state index in [1.54, 1.807) is 0 Å². The van der Waals surface area contributed by atoms with Gasteiger partial charge < -0.3 is 10.5 Å². The fourth-order valence-electron chi connectivity index (χ4n) is 1.56. The van der Waals surface area contributed by atoms with Gasteiger partial charge in [0.25, 0.3) is 5.56 Å². The van der Waals surface area contributed by atoms with E-state index in [1.807, 2.05) is 37.3 Å². The van der Waals surface area contributed by atoms with Crippen LogP contribution in [0.4, 0.5) is 5.82 Å². The van der Waals surface area contributed by atoms with Crippen molar-refractivity contribution in [1.82, 2.24) is 9.78 Å². The van der Waals surface area contributed by atoms with Crippen molar-refractivity contribution >= 4 is 5.82 Å². The Kier molecular flexibility index (Phi) is 3.18. The summed E-state index contributed by atoms with van der Waals surface area (Å²) in [6, 6.07) is 10.7. The average Bonchev–Trinajstić information content (AvgIpc) is 2.67. The van der Waals surface area contributed by atoms with Crippen LogP contribution in [0, 0.1) is 0 Å². The first-order valence-electron chi connectivity index (χ1n) is 5.41. The maximum Gasteiger partial charge on any atom is 0.269 e. The van der Waals surface area contributed by atoms with E-state index in [-0.39, 0.29) is 11.6 Å². The van der Waals surface area contributed by atoms with E-state index in [0.29, 0.717) is 12.4 Å². The van der Waals surface area contributed by atoms with Crippen LogP contribution >= 0.6 is 0 Å².